The number of ketones is 1. The topological polar surface area (TPSA) is 149 Å². The summed E-state index contributed by atoms with van der Waals surface area (Å²) in [6.07, 6.45) is 40.6. The molecule has 0 saturated heterocycles. The number of unbranched alkanes of at least 4 members (excludes halogenated alkanes) is 24. The standard InChI is InChI=1S/C62H104O11/c1-5-7-9-11-13-15-17-19-21-23-25-27-29-32-56(64)70-47-51(48-71-57(65)33-30-28-26-24-22-20-18-16-14-12-10-8-6-2)72-60(68)40-39-58(66)69-45-31-34-59(67)73-55-38-37-53-52-36-35-49-46-50(63)41-43-61(49,3)54(52)42-44-62(53,55)4/h46,51-55H,5-45,47-48H2,1-4H3/t52-,53-,54-,55-,61-,62-/m0/s1. The molecule has 0 radical (unpaired) electrons. The molecule has 0 bridgehead atoms. The van der Waals surface area contributed by atoms with E-state index in [0.717, 1.165) is 83.5 Å². The Morgan fingerprint density at radius 1 is 0.493 bits per heavy atom. The summed E-state index contributed by atoms with van der Waals surface area (Å²) in [6.45, 7) is 8.75. The Bertz CT molecular complexity index is 1610. The largest absolute Gasteiger partial charge is 0.466 e. The van der Waals surface area contributed by atoms with Crippen molar-refractivity contribution >= 4 is 35.6 Å². The highest BCUT2D eigenvalue weighted by molar-refractivity contribution is 5.91. The van der Waals surface area contributed by atoms with Crippen LogP contribution < -0.4 is 0 Å². The third kappa shape index (κ3) is 23.3. The third-order valence-electron chi connectivity index (χ3n) is 17.6. The minimum atomic E-state index is -0.993. The monoisotopic (exact) mass is 1020 g/mol. The van der Waals surface area contributed by atoms with Gasteiger partial charge in [-0.2, -0.15) is 0 Å². The number of carbonyl (C=O) groups is 6. The van der Waals surface area contributed by atoms with E-state index in [4.69, 9.17) is 23.7 Å². The molecule has 0 aromatic heterocycles. The molecule has 0 N–H and O–H groups in total. The molecule has 73 heavy (non-hydrogen) atoms. The molecule has 0 unspecified atom stereocenters. The minimum absolute atomic E-state index is 0.0290. The van der Waals surface area contributed by atoms with Crippen LogP contribution in [0.15, 0.2) is 11.6 Å². The molecule has 4 aliphatic rings. The summed E-state index contributed by atoms with van der Waals surface area (Å²) in [5.41, 5.74) is 1.41. The van der Waals surface area contributed by atoms with E-state index in [2.05, 4.69) is 27.7 Å². The molecule has 4 aliphatic carbocycles. The first-order valence-corrected chi connectivity index (χ1v) is 30.5. The van der Waals surface area contributed by atoms with Crippen molar-refractivity contribution < 1.29 is 52.5 Å². The van der Waals surface area contributed by atoms with E-state index in [1.54, 1.807) is 0 Å². The lowest BCUT2D eigenvalue weighted by Gasteiger charge is -2.57. The molecule has 0 aromatic carbocycles. The number of hydrogen-bond acceptors (Lipinski definition) is 11. The number of esters is 5. The Labute approximate surface area is 443 Å². The molecule has 0 heterocycles. The minimum Gasteiger partial charge on any atom is -0.466 e. The van der Waals surface area contributed by atoms with E-state index in [1.807, 2.05) is 6.08 Å². The van der Waals surface area contributed by atoms with Crippen LogP contribution in [0.3, 0.4) is 0 Å². The van der Waals surface area contributed by atoms with E-state index in [9.17, 15) is 28.8 Å². The molecule has 11 nitrogen and oxygen atoms in total. The van der Waals surface area contributed by atoms with Crippen molar-refractivity contribution in [1.82, 2.24) is 0 Å². The fraction of sp³-hybridized carbons (Fsp3) is 0.871. The van der Waals surface area contributed by atoms with E-state index >= 15 is 0 Å². The normalized spacial score (nSPS) is 23.2. The number of allylic oxidation sites excluding steroid dienone is 1. The number of fused-ring (bicyclic) bond motifs is 5. The van der Waals surface area contributed by atoms with Gasteiger partial charge in [0.25, 0.3) is 0 Å². The van der Waals surface area contributed by atoms with Crippen molar-refractivity contribution in [2.75, 3.05) is 19.8 Å². The zero-order valence-corrected chi connectivity index (χ0v) is 46.9. The molecule has 11 heteroatoms. The summed E-state index contributed by atoms with van der Waals surface area (Å²) in [6, 6.07) is 0. The Morgan fingerprint density at radius 2 is 0.959 bits per heavy atom. The molecule has 3 saturated carbocycles. The van der Waals surface area contributed by atoms with Crippen molar-refractivity contribution in [2.45, 2.75) is 297 Å². The van der Waals surface area contributed by atoms with Crippen molar-refractivity contribution in [3.05, 3.63) is 11.6 Å². The summed E-state index contributed by atoms with van der Waals surface area (Å²) in [5, 5.41) is 0. The van der Waals surface area contributed by atoms with Crippen LogP contribution in [0.2, 0.25) is 0 Å². The van der Waals surface area contributed by atoms with Crippen LogP contribution in [0, 0.1) is 28.6 Å². The summed E-state index contributed by atoms with van der Waals surface area (Å²) in [5.74, 6) is -0.364. The second-order valence-corrected chi connectivity index (χ2v) is 23.4. The van der Waals surface area contributed by atoms with E-state index in [-0.39, 0.29) is 92.5 Å². The van der Waals surface area contributed by atoms with Crippen molar-refractivity contribution in [3.63, 3.8) is 0 Å². The van der Waals surface area contributed by atoms with Crippen molar-refractivity contribution in [1.29, 1.82) is 0 Å². The van der Waals surface area contributed by atoms with Gasteiger partial charge in [0, 0.05) is 31.1 Å². The zero-order chi connectivity index (χ0) is 52.6. The lowest BCUT2D eigenvalue weighted by molar-refractivity contribution is -0.167. The van der Waals surface area contributed by atoms with Gasteiger partial charge in [0.15, 0.2) is 11.9 Å². The Morgan fingerprint density at radius 3 is 1.48 bits per heavy atom. The first-order valence-electron chi connectivity index (χ1n) is 30.5. The average Bonchev–Trinajstić information content (AvgIpc) is 3.71. The smallest absolute Gasteiger partial charge is 0.306 e. The first kappa shape index (κ1) is 62.3. The maximum absolute atomic E-state index is 13.1. The molecular formula is C62H104O11. The Balaban J connectivity index is 1.10. The number of ether oxygens (including phenoxy) is 5. The van der Waals surface area contributed by atoms with Gasteiger partial charge in [-0.15, -0.1) is 0 Å². The van der Waals surface area contributed by atoms with Gasteiger partial charge in [-0.3, -0.25) is 28.8 Å². The van der Waals surface area contributed by atoms with Gasteiger partial charge in [-0.05, 0) is 93.5 Å². The molecule has 6 atom stereocenters. The Kier molecular flexibility index (Phi) is 30.6. The molecule has 418 valence electrons. The van der Waals surface area contributed by atoms with E-state index in [0.29, 0.717) is 30.6 Å². The van der Waals surface area contributed by atoms with Gasteiger partial charge in [-0.1, -0.05) is 187 Å². The van der Waals surface area contributed by atoms with Gasteiger partial charge < -0.3 is 23.7 Å². The highest BCUT2D eigenvalue weighted by atomic mass is 16.6. The molecule has 3 fully saturated rings. The van der Waals surface area contributed by atoms with Gasteiger partial charge in [0.2, 0.25) is 0 Å². The predicted molar refractivity (Wildman–Crippen MR) is 288 cm³/mol. The van der Waals surface area contributed by atoms with Gasteiger partial charge >= 0.3 is 29.8 Å². The molecule has 0 aromatic rings. The molecule has 4 rings (SSSR count). The van der Waals surface area contributed by atoms with Crippen LogP contribution in [0.25, 0.3) is 0 Å². The van der Waals surface area contributed by atoms with Crippen LogP contribution >= 0.6 is 0 Å². The zero-order valence-electron chi connectivity index (χ0n) is 46.9. The fourth-order valence-electron chi connectivity index (χ4n) is 13.1. The summed E-state index contributed by atoms with van der Waals surface area (Å²) < 4.78 is 28.1. The summed E-state index contributed by atoms with van der Waals surface area (Å²) in [4.78, 5) is 76.3. The lowest BCUT2D eigenvalue weighted by Crippen LogP contribution is -2.51. The van der Waals surface area contributed by atoms with Crippen LogP contribution in [-0.2, 0) is 52.5 Å². The molecule has 0 aliphatic heterocycles. The number of rotatable bonds is 41. The Hall–Kier alpha value is -3.24. The predicted octanol–water partition coefficient (Wildman–Crippen LogP) is 15.5. The quantitative estimate of drug-likeness (QED) is 0.0327. The van der Waals surface area contributed by atoms with Gasteiger partial charge in [-0.25, -0.2) is 0 Å². The maximum Gasteiger partial charge on any atom is 0.306 e. The van der Waals surface area contributed by atoms with Crippen LogP contribution in [0.4, 0.5) is 0 Å². The van der Waals surface area contributed by atoms with Gasteiger partial charge in [0.1, 0.15) is 19.3 Å². The fourth-order valence-corrected chi connectivity index (χ4v) is 13.1. The third-order valence-corrected chi connectivity index (χ3v) is 17.6. The summed E-state index contributed by atoms with van der Waals surface area (Å²) in [7, 11) is 0. The second-order valence-electron chi connectivity index (χ2n) is 23.4. The second kappa shape index (κ2) is 35.9. The summed E-state index contributed by atoms with van der Waals surface area (Å²) >= 11 is 0. The number of hydrogen-bond donors (Lipinski definition) is 0. The molecule has 0 amide bonds. The molecular weight excluding hydrogens is 921 g/mol. The van der Waals surface area contributed by atoms with E-state index < -0.39 is 18.0 Å². The highest BCUT2D eigenvalue weighted by Gasteiger charge is 2.60. The lowest BCUT2D eigenvalue weighted by atomic mass is 9.47. The first-order chi connectivity index (χ1) is 35.4. The van der Waals surface area contributed by atoms with Crippen molar-refractivity contribution in [2.24, 2.45) is 28.6 Å². The van der Waals surface area contributed by atoms with Crippen LogP contribution in [0.5, 0.6) is 0 Å². The van der Waals surface area contributed by atoms with Crippen LogP contribution in [-0.4, -0.2) is 67.7 Å². The maximum atomic E-state index is 13.1. The molecule has 0 spiro atoms. The highest BCUT2D eigenvalue weighted by Crippen LogP contribution is 2.65. The van der Waals surface area contributed by atoms with E-state index in [1.165, 1.54) is 134 Å². The van der Waals surface area contributed by atoms with Gasteiger partial charge in [0.05, 0.1) is 19.4 Å². The SMILES string of the molecule is CCCCCCCCCCCCCCCC(=O)OCC(COC(=O)CCCCCCCCCCCCCCC)OC(=O)CCC(=O)OCCCC(=O)O[C@H]1CC[C@H]2[C@@H]3CCC4=CC(=O)CC[C@]4(C)[C@H]3CC[C@]12C. The number of carbonyl (C=O) groups excluding carboxylic acids is 6. The van der Waals surface area contributed by atoms with Crippen LogP contribution in [0.1, 0.15) is 285 Å². The van der Waals surface area contributed by atoms with Crippen molar-refractivity contribution in [3.8, 4) is 0 Å². The average molecular weight is 1030 g/mol.